The fourth-order valence-corrected chi connectivity index (χ4v) is 4.72. The van der Waals surface area contributed by atoms with Crippen molar-refractivity contribution in [2.75, 3.05) is 25.0 Å². The minimum absolute atomic E-state index is 0.0432. The lowest BCUT2D eigenvalue weighted by atomic mass is 10.0. The standard InChI is InChI=1S/C28H31F9N4O2/c1-3-40(10-5-4-6-25(42)43)23-8-7-20(26(29,30)31)14-19(23)16-38-24-9-11-39(2)41(24)17-18-12-21(27(32,33)34)15-22(13-18)28(35,36)37/h7-9,11-15,24,38H,3-6,10,16-17H2,1-2H3,(H,42,43). The molecule has 0 amide bonds. The Morgan fingerprint density at radius 1 is 0.907 bits per heavy atom. The maximum absolute atomic E-state index is 13.6. The topological polar surface area (TPSA) is 59.1 Å². The molecular formula is C28H31F9N4O2. The number of alkyl halides is 9. The van der Waals surface area contributed by atoms with Gasteiger partial charge < -0.3 is 15.0 Å². The molecule has 238 valence electrons. The van der Waals surface area contributed by atoms with Crippen molar-refractivity contribution in [1.82, 2.24) is 15.3 Å². The number of carbonyl (C=O) groups is 1. The highest BCUT2D eigenvalue weighted by atomic mass is 19.4. The second kappa shape index (κ2) is 13.5. The zero-order valence-corrected chi connectivity index (χ0v) is 23.2. The normalized spacial score (nSPS) is 16.3. The number of nitrogens with zero attached hydrogens (tertiary/aromatic N) is 3. The molecule has 3 rings (SSSR count). The highest BCUT2D eigenvalue weighted by Crippen LogP contribution is 2.37. The Hall–Kier alpha value is -3.46. The Labute approximate surface area is 242 Å². The molecule has 1 atom stereocenters. The Morgan fingerprint density at radius 3 is 2.05 bits per heavy atom. The quantitative estimate of drug-likeness (QED) is 0.193. The zero-order chi connectivity index (χ0) is 32.2. The third-order valence-corrected chi connectivity index (χ3v) is 6.90. The molecule has 0 saturated heterocycles. The maximum atomic E-state index is 13.6. The first kappa shape index (κ1) is 34.0. The molecule has 1 aliphatic rings. The number of anilines is 1. The number of nitrogens with one attached hydrogen (secondary N) is 1. The average molecular weight is 627 g/mol. The van der Waals surface area contributed by atoms with E-state index in [0.29, 0.717) is 43.8 Å². The van der Waals surface area contributed by atoms with Crippen LogP contribution in [-0.2, 0) is 36.4 Å². The number of hydrazine groups is 1. The van der Waals surface area contributed by atoms with Crippen LogP contribution in [0, 0.1) is 0 Å². The van der Waals surface area contributed by atoms with E-state index in [9.17, 15) is 44.3 Å². The van der Waals surface area contributed by atoms with E-state index in [1.54, 1.807) is 13.0 Å². The van der Waals surface area contributed by atoms with Gasteiger partial charge in [-0.15, -0.1) is 0 Å². The largest absolute Gasteiger partial charge is 0.481 e. The van der Waals surface area contributed by atoms with Crippen molar-refractivity contribution in [2.45, 2.75) is 64.0 Å². The van der Waals surface area contributed by atoms with Crippen molar-refractivity contribution in [1.29, 1.82) is 0 Å². The third-order valence-electron chi connectivity index (χ3n) is 6.90. The van der Waals surface area contributed by atoms with Crippen molar-refractivity contribution in [2.24, 2.45) is 0 Å². The lowest BCUT2D eigenvalue weighted by Crippen LogP contribution is -2.46. The van der Waals surface area contributed by atoms with Crippen LogP contribution in [0.15, 0.2) is 48.7 Å². The molecule has 0 radical (unpaired) electrons. The summed E-state index contributed by atoms with van der Waals surface area (Å²) in [6.07, 6.45) is -11.5. The molecule has 0 aliphatic carbocycles. The molecule has 1 unspecified atom stereocenters. The molecule has 0 spiro atoms. The van der Waals surface area contributed by atoms with E-state index in [1.807, 2.05) is 4.90 Å². The van der Waals surface area contributed by atoms with Gasteiger partial charge in [-0.2, -0.15) is 44.5 Å². The molecule has 2 N–H and O–H groups in total. The average Bonchev–Trinajstić information content (AvgIpc) is 3.24. The van der Waals surface area contributed by atoms with E-state index in [0.717, 1.165) is 12.1 Å². The maximum Gasteiger partial charge on any atom is 0.416 e. The van der Waals surface area contributed by atoms with Gasteiger partial charge >= 0.3 is 24.5 Å². The monoisotopic (exact) mass is 626 g/mol. The fraction of sp³-hybridized carbons (Fsp3) is 0.464. The molecule has 43 heavy (non-hydrogen) atoms. The number of hydrogen-bond acceptors (Lipinski definition) is 5. The van der Waals surface area contributed by atoms with Crippen LogP contribution in [0.2, 0.25) is 0 Å². The number of benzene rings is 2. The molecule has 6 nitrogen and oxygen atoms in total. The second-order valence-electron chi connectivity index (χ2n) is 10.0. The predicted molar refractivity (Wildman–Crippen MR) is 140 cm³/mol. The van der Waals surface area contributed by atoms with Gasteiger partial charge in [-0.1, -0.05) is 0 Å². The van der Waals surface area contributed by atoms with Crippen LogP contribution >= 0.6 is 0 Å². The van der Waals surface area contributed by atoms with Gasteiger partial charge in [-0.05, 0) is 73.4 Å². The van der Waals surface area contributed by atoms with Crippen molar-refractivity contribution >= 4 is 11.7 Å². The molecule has 2 aromatic rings. The first-order valence-electron chi connectivity index (χ1n) is 13.3. The molecule has 0 aromatic heterocycles. The van der Waals surface area contributed by atoms with Gasteiger partial charge in [-0.25, -0.2) is 0 Å². The third kappa shape index (κ3) is 9.26. The van der Waals surface area contributed by atoms with Gasteiger partial charge in [0.15, 0.2) is 0 Å². The summed E-state index contributed by atoms with van der Waals surface area (Å²) in [5.41, 5.74) is -3.32. The minimum atomic E-state index is -5.01. The summed E-state index contributed by atoms with van der Waals surface area (Å²) in [6, 6.07) is 4.56. The molecule has 1 aliphatic heterocycles. The summed E-state index contributed by atoms with van der Waals surface area (Å²) in [5.74, 6) is -0.957. The zero-order valence-electron chi connectivity index (χ0n) is 23.2. The summed E-state index contributed by atoms with van der Waals surface area (Å²) < 4.78 is 121. The van der Waals surface area contributed by atoms with Crippen LogP contribution in [0.5, 0.6) is 0 Å². The summed E-state index contributed by atoms with van der Waals surface area (Å²) >= 11 is 0. The van der Waals surface area contributed by atoms with E-state index < -0.39 is 47.4 Å². The van der Waals surface area contributed by atoms with Crippen LogP contribution in [0.4, 0.5) is 45.2 Å². The number of carboxylic acids is 1. The molecule has 0 saturated carbocycles. The van der Waals surface area contributed by atoms with Crippen molar-refractivity contribution < 1.29 is 49.4 Å². The number of carboxylic acid groups (broad SMARTS) is 1. The lowest BCUT2D eigenvalue weighted by Gasteiger charge is -2.32. The Morgan fingerprint density at radius 2 is 1.51 bits per heavy atom. The summed E-state index contributed by atoms with van der Waals surface area (Å²) in [7, 11) is 1.53. The van der Waals surface area contributed by atoms with Gasteiger partial charge in [-0.3, -0.25) is 10.1 Å². The minimum Gasteiger partial charge on any atom is -0.481 e. The second-order valence-corrected chi connectivity index (χ2v) is 10.0. The Bertz CT molecular complexity index is 1260. The highest BCUT2D eigenvalue weighted by Gasteiger charge is 2.37. The van der Waals surface area contributed by atoms with E-state index in [4.69, 9.17) is 5.11 Å². The summed E-state index contributed by atoms with van der Waals surface area (Å²) in [6.45, 7) is 2.11. The van der Waals surface area contributed by atoms with Crippen LogP contribution in [0.3, 0.4) is 0 Å². The number of hydrogen-bond donors (Lipinski definition) is 2. The number of halogens is 9. The van der Waals surface area contributed by atoms with Crippen LogP contribution in [0.25, 0.3) is 0 Å². The number of aliphatic carboxylic acids is 1. The van der Waals surface area contributed by atoms with E-state index >= 15 is 0 Å². The molecule has 2 aromatic carbocycles. The van der Waals surface area contributed by atoms with Crippen molar-refractivity contribution in [3.8, 4) is 0 Å². The number of unbranched alkanes of at least 4 members (excludes halogenated alkanes) is 1. The van der Waals surface area contributed by atoms with Gasteiger partial charge in [0.05, 0.1) is 22.9 Å². The summed E-state index contributed by atoms with van der Waals surface area (Å²) in [4.78, 5) is 12.6. The van der Waals surface area contributed by atoms with Crippen molar-refractivity contribution in [3.63, 3.8) is 0 Å². The smallest absolute Gasteiger partial charge is 0.416 e. The molecule has 1 heterocycles. The fourth-order valence-electron chi connectivity index (χ4n) is 4.72. The van der Waals surface area contributed by atoms with Gasteiger partial charge in [0, 0.05) is 51.5 Å². The van der Waals surface area contributed by atoms with Crippen LogP contribution in [-0.4, -0.2) is 47.4 Å². The van der Waals surface area contributed by atoms with Crippen molar-refractivity contribution in [3.05, 3.63) is 76.5 Å². The number of rotatable bonds is 12. The summed E-state index contributed by atoms with van der Waals surface area (Å²) in [5, 5.41) is 14.8. The first-order valence-corrected chi connectivity index (χ1v) is 13.3. The van der Waals surface area contributed by atoms with E-state index in [1.165, 1.54) is 29.3 Å². The molecule has 15 heteroatoms. The van der Waals surface area contributed by atoms with Crippen LogP contribution < -0.4 is 10.2 Å². The highest BCUT2D eigenvalue weighted by molar-refractivity contribution is 5.66. The van der Waals surface area contributed by atoms with E-state index in [-0.39, 0.29) is 36.7 Å². The lowest BCUT2D eigenvalue weighted by molar-refractivity contribution is -0.143. The first-order chi connectivity index (χ1) is 19.9. The molecule has 0 bridgehead atoms. The van der Waals surface area contributed by atoms with Crippen LogP contribution in [0.1, 0.15) is 54.0 Å². The Balaban J connectivity index is 1.86. The SMILES string of the molecule is CCN(CCCCC(=O)O)c1ccc(C(F)(F)F)cc1CNC1C=CN(C)N1Cc1cc(C(F)(F)F)cc(C(F)(F)F)c1. The molecular weight excluding hydrogens is 595 g/mol. The van der Waals surface area contributed by atoms with Gasteiger partial charge in [0.1, 0.15) is 0 Å². The predicted octanol–water partition coefficient (Wildman–Crippen LogP) is 7.12. The van der Waals surface area contributed by atoms with Gasteiger partial charge in [0.2, 0.25) is 0 Å². The molecule has 0 fully saturated rings. The van der Waals surface area contributed by atoms with E-state index in [2.05, 4.69) is 5.32 Å². The Kier molecular flexibility index (Phi) is 10.6. The van der Waals surface area contributed by atoms with Gasteiger partial charge in [0.25, 0.3) is 0 Å².